The Balaban J connectivity index is 2.41. The summed E-state index contributed by atoms with van der Waals surface area (Å²) in [6.07, 6.45) is 1.15. The van der Waals surface area contributed by atoms with Crippen LogP contribution in [0.1, 0.15) is 48.7 Å². The molecule has 0 bridgehead atoms. The third-order valence-corrected chi connectivity index (χ3v) is 6.51. The van der Waals surface area contributed by atoms with Crippen molar-refractivity contribution in [2.24, 2.45) is 5.92 Å². The van der Waals surface area contributed by atoms with Crippen LogP contribution in [0.2, 0.25) is 0 Å². The molecule has 1 heterocycles. The lowest BCUT2D eigenvalue weighted by atomic mass is 9.94. The van der Waals surface area contributed by atoms with Crippen molar-refractivity contribution in [3.63, 3.8) is 0 Å². The van der Waals surface area contributed by atoms with Crippen molar-refractivity contribution >= 4 is 16.9 Å². The zero-order valence-corrected chi connectivity index (χ0v) is 16.8. The summed E-state index contributed by atoms with van der Waals surface area (Å²) < 4.78 is 16.6. The standard InChI is InChI=1S/C19H28O5S/c1-9-8-10(2)24-13(5)18(9)25-19(21)14-11(3)12(4)15(20)17(23-7)16(14)22-6/h9-10,13,18,20H,8H2,1-7H3/t9?,10-,13+,18-/m0/s1. The Labute approximate surface area is 154 Å². The van der Waals surface area contributed by atoms with Crippen LogP contribution in [0.15, 0.2) is 0 Å². The summed E-state index contributed by atoms with van der Waals surface area (Å²) in [5.41, 5.74) is 1.78. The second kappa shape index (κ2) is 7.87. The molecule has 0 radical (unpaired) electrons. The van der Waals surface area contributed by atoms with Gasteiger partial charge in [-0.3, -0.25) is 4.79 Å². The zero-order valence-electron chi connectivity index (χ0n) is 16.0. The third kappa shape index (κ3) is 3.75. The van der Waals surface area contributed by atoms with Crippen molar-refractivity contribution in [1.29, 1.82) is 0 Å². The van der Waals surface area contributed by atoms with Gasteiger partial charge in [0.25, 0.3) is 0 Å². The first-order valence-corrected chi connectivity index (χ1v) is 9.41. The van der Waals surface area contributed by atoms with Crippen molar-refractivity contribution in [1.82, 2.24) is 0 Å². The van der Waals surface area contributed by atoms with Crippen LogP contribution in [-0.4, -0.2) is 41.9 Å². The summed E-state index contributed by atoms with van der Waals surface area (Å²) in [5.74, 6) is 0.865. The molecule has 1 fully saturated rings. The fourth-order valence-corrected chi connectivity index (χ4v) is 4.78. The fourth-order valence-electron chi connectivity index (χ4n) is 3.57. The second-order valence-corrected chi connectivity index (χ2v) is 7.93. The number of benzene rings is 1. The Hall–Kier alpha value is -1.40. The topological polar surface area (TPSA) is 65.0 Å². The first-order chi connectivity index (χ1) is 11.7. The van der Waals surface area contributed by atoms with Gasteiger partial charge < -0.3 is 19.3 Å². The van der Waals surface area contributed by atoms with Crippen LogP contribution >= 0.6 is 11.8 Å². The van der Waals surface area contributed by atoms with Gasteiger partial charge in [-0.25, -0.2) is 0 Å². The number of rotatable bonds is 4. The average Bonchev–Trinajstić information content (AvgIpc) is 2.55. The molecule has 1 saturated heterocycles. The number of aromatic hydroxyl groups is 1. The van der Waals surface area contributed by atoms with Crippen LogP contribution in [0.25, 0.3) is 0 Å². The maximum Gasteiger partial charge on any atom is 0.223 e. The molecule has 0 amide bonds. The number of ether oxygens (including phenoxy) is 3. The number of hydrogen-bond donors (Lipinski definition) is 1. The SMILES string of the molecule is COc1c(O)c(C)c(C)c(C(=O)S[C@H]2C(C)C[C@H](C)O[C@@H]2C)c1OC. The van der Waals surface area contributed by atoms with Crippen molar-refractivity contribution in [2.75, 3.05) is 14.2 Å². The minimum atomic E-state index is -0.0856. The lowest BCUT2D eigenvalue weighted by molar-refractivity contribution is -0.0434. The van der Waals surface area contributed by atoms with E-state index in [1.807, 2.05) is 13.8 Å². The van der Waals surface area contributed by atoms with E-state index in [1.54, 1.807) is 6.92 Å². The van der Waals surface area contributed by atoms with Gasteiger partial charge in [-0.05, 0) is 51.2 Å². The molecule has 6 heteroatoms. The smallest absolute Gasteiger partial charge is 0.223 e. The monoisotopic (exact) mass is 368 g/mol. The largest absolute Gasteiger partial charge is 0.504 e. The van der Waals surface area contributed by atoms with Gasteiger partial charge in [-0.15, -0.1) is 0 Å². The lowest BCUT2D eigenvalue weighted by Gasteiger charge is -2.37. The quantitative estimate of drug-likeness (QED) is 0.863. The average molecular weight is 368 g/mol. The van der Waals surface area contributed by atoms with Gasteiger partial charge >= 0.3 is 0 Å². The van der Waals surface area contributed by atoms with E-state index < -0.39 is 0 Å². The Morgan fingerprint density at radius 1 is 1.12 bits per heavy atom. The van der Waals surface area contributed by atoms with Gasteiger partial charge in [0.1, 0.15) is 0 Å². The molecule has 0 aliphatic carbocycles. The van der Waals surface area contributed by atoms with Crippen molar-refractivity contribution in [2.45, 2.75) is 58.5 Å². The summed E-state index contributed by atoms with van der Waals surface area (Å²) >= 11 is 1.29. The Morgan fingerprint density at radius 2 is 1.72 bits per heavy atom. The van der Waals surface area contributed by atoms with E-state index in [0.717, 1.165) is 6.42 Å². The summed E-state index contributed by atoms with van der Waals surface area (Å²) in [5, 5.41) is 10.3. The van der Waals surface area contributed by atoms with E-state index in [0.29, 0.717) is 22.6 Å². The zero-order chi connectivity index (χ0) is 18.9. The molecule has 0 aromatic heterocycles. The predicted octanol–water partition coefficient (Wildman–Crippen LogP) is 4.10. The summed E-state index contributed by atoms with van der Waals surface area (Å²) in [4.78, 5) is 13.1. The predicted molar refractivity (Wildman–Crippen MR) is 100 cm³/mol. The van der Waals surface area contributed by atoms with Crippen LogP contribution in [0, 0.1) is 19.8 Å². The number of phenols is 1. The number of methoxy groups -OCH3 is 2. The van der Waals surface area contributed by atoms with Crippen LogP contribution in [0.4, 0.5) is 0 Å². The highest BCUT2D eigenvalue weighted by Gasteiger charge is 2.36. The van der Waals surface area contributed by atoms with Crippen LogP contribution in [0.5, 0.6) is 17.2 Å². The number of phenolic OH excluding ortho intramolecular Hbond substituents is 1. The minimum Gasteiger partial charge on any atom is -0.504 e. The van der Waals surface area contributed by atoms with Gasteiger partial charge in [-0.2, -0.15) is 0 Å². The van der Waals surface area contributed by atoms with Crippen LogP contribution in [-0.2, 0) is 4.74 Å². The van der Waals surface area contributed by atoms with Crippen LogP contribution in [0.3, 0.4) is 0 Å². The lowest BCUT2D eigenvalue weighted by Crippen LogP contribution is -2.40. The molecule has 1 aromatic rings. The van der Waals surface area contributed by atoms with E-state index in [9.17, 15) is 9.90 Å². The number of carbonyl (C=O) groups is 1. The van der Waals surface area contributed by atoms with Crippen molar-refractivity contribution in [3.05, 3.63) is 16.7 Å². The van der Waals surface area contributed by atoms with Gasteiger partial charge in [0.15, 0.2) is 11.5 Å². The molecule has 5 nitrogen and oxygen atoms in total. The second-order valence-electron chi connectivity index (χ2n) is 6.77. The number of hydrogen-bond acceptors (Lipinski definition) is 6. The van der Waals surface area contributed by atoms with Gasteiger partial charge in [0.2, 0.25) is 10.9 Å². The van der Waals surface area contributed by atoms with Crippen molar-refractivity contribution < 1.29 is 24.1 Å². The Kier molecular flexibility index (Phi) is 6.27. The molecule has 4 atom stereocenters. The molecular formula is C19H28O5S. The number of carbonyl (C=O) groups excluding carboxylic acids is 1. The Bertz CT molecular complexity index is 646. The maximum absolute atomic E-state index is 13.1. The molecule has 25 heavy (non-hydrogen) atoms. The van der Waals surface area contributed by atoms with Gasteiger partial charge in [0, 0.05) is 5.25 Å². The Morgan fingerprint density at radius 3 is 2.24 bits per heavy atom. The van der Waals surface area contributed by atoms with E-state index in [4.69, 9.17) is 14.2 Å². The van der Waals surface area contributed by atoms with Gasteiger partial charge in [-0.1, -0.05) is 18.7 Å². The van der Waals surface area contributed by atoms with Gasteiger partial charge in [0.05, 0.1) is 32.0 Å². The first-order valence-electron chi connectivity index (χ1n) is 8.53. The highest BCUT2D eigenvalue weighted by atomic mass is 32.2. The molecule has 1 N–H and O–H groups in total. The molecule has 1 aliphatic rings. The molecular weight excluding hydrogens is 340 g/mol. The molecule has 1 aromatic carbocycles. The van der Waals surface area contributed by atoms with E-state index in [-0.39, 0.29) is 39.8 Å². The molecule has 0 spiro atoms. The first kappa shape index (κ1) is 19.9. The third-order valence-electron chi connectivity index (χ3n) is 4.97. The highest BCUT2D eigenvalue weighted by Crippen LogP contribution is 2.46. The molecule has 1 unspecified atom stereocenters. The molecule has 2 rings (SSSR count). The summed E-state index contributed by atoms with van der Waals surface area (Å²) in [6.45, 7) is 9.83. The maximum atomic E-state index is 13.1. The van der Waals surface area contributed by atoms with E-state index >= 15 is 0 Å². The molecule has 140 valence electrons. The summed E-state index contributed by atoms with van der Waals surface area (Å²) in [6, 6.07) is 0. The minimum absolute atomic E-state index is 0.000825. The van der Waals surface area contributed by atoms with E-state index in [2.05, 4.69) is 13.8 Å². The summed E-state index contributed by atoms with van der Waals surface area (Å²) in [7, 11) is 2.93. The fraction of sp³-hybridized carbons (Fsp3) is 0.632. The number of thioether (sulfide) groups is 1. The van der Waals surface area contributed by atoms with Crippen molar-refractivity contribution in [3.8, 4) is 17.2 Å². The normalized spacial score (nSPS) is 26.4. The molecule has 1 aliphatic heterocycles. The van der Waals surface area contributed by atoms with E-state index in [1.165, 1.54) is 26.0 Å². The van der Waals surface area contributed by atoms with Crippen LogP contribution < -0.4 is 9.47 Å². The highest BCUT2D eigenvalue weighted by molar-refractivity contribution is 8.14. The molecule has 0 saturated carbocycles.